The zero-order valence-corrected chi connectivity index (χ0v) is 13.0. The third-order valence-electron chi connectivity index (χ3n) is 3.97. The van der Waals surface area contributed by atoms with Gasteiger partial charge in [-0.2, -0.15) is 0 Å². The molecule has 0 amide bonds. The molecule has 3 rings (SSSR count). The summed E-state index contributed by atoms with van der Waals surface area (Å²) < 4.78 is 22.8. The highest BCUT2D eigenvalue weighted by Crippen LogP contribution is 2.35. The number of hydrogen-bond donors (Lipinski definition) is 1. The third kappa shape index (κ3) is 3.44. The van der Waals surface area contributed by atoms with E-state index in [1.807, 2.05) is 30.3 Å². The second-order valence-corrected chi connectivity index (χ2v) is 5.53. The van der Waals surface area contributed by atoms with Gasteiger partial charge in [0.25, 0.3) is 0 Å². The van der Waals surface area contributed by atoms with Crippen molar-refractivity contribution in [3.05, 3.63) is 59.0 Å². The third-order valence-corrected chi connectivity index (χ3v) is 3.97. The van der Waals surface area contributed by atoms with Crippen LogP contribution in [0.15, 0.2) is 48.1 Å². The van der Waals surface area contributed by atoms with Crippen LogP contribution in [0, 0.1) is 0 Å². The van der Waals surface area contributed by atoms with Gasteiger partial charge in [0.15, 0.2) is 12.6 Å². The van der Waals surface area contributed by atoms with Gasteiger partial charge >= 0.3 is 0 Å². The smallest absolute Gasteiger partial charge is 0.184 e. The van der Waals surface area contributed by atoms with Gasteiger partial charge in [-0.3, -0.25) is 0 Å². The number of rotatable bonds is 5. The highest BCUT2D eigenvalue weighted by molar-refractivity contribution is 5.16. The molecule has 128 valence electrons. The molecule has 2 saturated heterocycles. The Bertz CT molecular complexity index is 607. The van der Waals surface area contributed by atoms with Crippen molar-refractivity contribution in [2.75, 3.05) is 13.2 Å². The molecule has 8 heteroatoms. The van der Waals surface area contributed by atoms with E-state index in [1.54, 1.807) is 6.08 Å². The Morgan fingerprint density at radius 2 is 2.17 bits per heavy atom. The Morgan fingerprint density at radius 3 is 2.88 bits per heavy atom. The molecular weight excluding hydrogens is 314 g/mol. The van der Waals surface area contributed by atoms with Crippen molar-refractivity contribution in [2.24, 2.45) is 5.11 Å². The van der Waals surface area contributed by atoms with Crippen LogP contribution in [0.5, 0.6) is 0 Å². The molecule has 2 heterocycles. The molecule has 0 radical (unpaired) electrons. The number of hydrogen-bond acceptors (Lipinski definition) is 6. The summed E-state index contributed by atoms with van der Waals surface area (Å²) in [7, 11) is 0. The van der Waals surface area contributed by atoms with Crippen molar-refractivity contribution in [3.8, 4) is 0 Å². The molecule has 2 aliphatic rings. The van der Waals surface area contributed by atoms with Crippen molar-refractivity contribution in [2.45, 2.75) is 36.9 Å². The van der Waals surface area contributed by atoms with Crippen molar-refractivity contribution in [1.82, 2.24) is 0 Å². The zero-order chi connectivity index (χ0) is 16.9. The molecule has 6 atom stereocenters. The minimum absolute atomic E-state index is 0.209. The average molecular weight is 333 g/mol. The van der Waals surface area contributed by atoms with Crippen LogP contribution in [-0.2, 0) is 18.9 Å². The first-order valence-corrected chi connectivity index (χ1v) is 7.67. The summed E-state index contributed by atoms with van der Waals surface area (Å²) in [5.74, 6) is 0. The van der Waals surface area contributed by atoms with Gasteiger partial charge in [0.1, 0.15) is 18.2 Å². The van der Waals surface area contributed by atoms with Crippen molar-refractivity contribution in [1.29, 1.82) is 0 Å². The van der Waals surface area contributed by atoms with Gasteiger partial charge in [0.05, 0.1) is 19.3 Å². The number of aliphatic hydroxyl groups excluding tert-OH is 1. The monoisotopic (exact) mass is 333 g/mol. The van der Waals surface area contributed by atoms with Crippen molar-refractivity contribution >= 4 is 0 Å². The van der Waals surface area contributed by atoms with Crippen LogP contribution in [0.25, 0.3) is 10.4 Å². The van der Waals surface area contributed by atoms with Gasteiger partial charge in [-0.05, 0) is 5.53 Å². The number of nitrogens with zero attached hydrogens (tertiary/aromatic N) is 3. The number of fused-ring (bicyclic) bond motifs is 1. The quantitative estimate of drug-likeness (QED) is 0.384. The highest BCUT2D eigenvalue weighted by Gasteiger charge is 2.49. The molecule has 0 unspecified atom stereocenters. The molecular formula is C16H19N3O5. The summed E-state index contributed by atoms with van der Waals surface area (Å²) in [5, 5.41) is 14.2. The van der Waals surface area contributed by atoms with Crippen LogP contribution in [0.2, 0.25) is 0 Å². The van der Waals surface area contributed by atoms with Crippen LogP contribution in [0.1, 0.15) is 11.9 Å². The summed E-state index contributed by atoms with van der Waals surface area (Å²) >= 11 is 0. The highest BCUT2D eigenvalue weighted by atomic mass is 16.7. The van der Waals surface area contributed by atoms with E-state index in [0.29, 0.717) is 0 Å². The summed E-state index contributed by atoms with van der Waals surface area (Å²) in [4.78, 5) is 2.78. The van der Waals surface area contributed by atoms with Crippen LogP contribution in [0.4, 0.5) is 0 Å². The summed E-state index contributed by atoms with van der Waals surface area (Å²) in [6.07, 6.45) is -2.19. The average Bonchev–Trinajstić information content (AvgIpc) is 2.63. The van der Waals surface area contributed by atoms with E-state index < -0.39 is 36.9 Å². The standard InChI is InChI=1S/C16H19N3O5/c1-2-8-21-16-12(18-19-17)13(20)14-11(23-16)9-22-15(24-14)10-6-4-3-5-7-10/h2-7,11-16,20H,1,8-9H2/t11-,12-,13-,14-,15-,16+/m1/s1. The zero-order valence-electron chi connectivity index (χ0n) is 13.0. The molecule has 1 N–H and O–H groups in total. The fourth-order valence-electron chi connectivity index (χ4n) is 2.84. The van der Waals surface area contributed by atoms with Gasteiger partial charge in [0.2, 0.25) is 0 Å². The molecule has 2 fully saturated rings. The summed E-state index contributed by atoms with van der Waals surface area (Å²) in [5.41, 5.74) is 9.60. The fourth-order valence-corrected chi connectivity index (χ4v) is 2.84. The Morgan fingerprint density at radius 1 is 1.38 bits per heavy atom. The predicted octanol–water partition coefficient (Wildman–Crippen LogP) is 2.07. The van der Waals surface area contributed by atoms with Crippen LogP contribution >= 0.6 is 0 Å². The Hall–Kier alpha value is -1.93. The lowest BCUT2D eigenvalue weighted by atomic mass is 9.96. The molecule has 1 aromatic rings. The van der Waals surface area contributed by atoms with Crippen LogP contribution < -0.4 is 0 Å². The normalized spacial score (nSPS) is 35.5. The lowest BCUT2D eigenvalue weighted by Crippen LogP contribution is -2.61. The number of azide groups is 1. The van der Waals surface area contributed by atoms with Crippen LogP contribution in [-0.4, -0.2) is 49.0 Å². The second-order valence-electron chi connectivity index (χ2n) is 5.53. The van der Waals surface area contributed by atoms with Gasteiger partial charge < -0.3 is 24.1 Å². The molecule has 8 nitrogen and oxygen atoms in total. The first kappa shape index (κ1) is 16.9. The predicted molar refractivity (Wildman–Crippen MR) is 83.8 cm³/mol. The Kier molecular flexibility index (Phi) is 5.47. The maximum absolute atomic E-state index is 10.6. The first-order valence-electron chi connectivity index (χ1n) is 7.67. The van der Waals surface area contributed by atoms with E-state index in [1.165, 1.54) is 0 Å². The number of ether oxygens (including phenoxy) is 4. The van der Waals surface area contributed by atoms with E-state index >= 15 is 0 Å². The van der Waals surface area contributed by atoms with E-state index in [0.717, 1.165) is 5.56 Å². The molecule has 0 aromatic heterocycles. The number of benzene rings is 1. The molecule has 0 saturated carbocycles. The lowest BCUT2D eigenvalue weighted by Gasteiger charge is -2.46. The second kappa shape index (κ2) is 7.76. The van der Waals surface area contributed by atoms with Crippen molar-refractivity contribution in [3.63, 3.8) is 0 Å². The van der Waals surface area contributed by atoms with Gasteiger partial charge in [0, 0.05) is 10.5 Å². The van der Waals surface area contributed by atoms with E-state index in [2.05, 4.69) is 16.6 Å². The molecule has 2 aliphatic heterocycles. The topological polar surface area (TPSA) is 106 Å². The fraction of sp³-hybridized carbons (Fsp3) is 0.500. The van der Waals surface area contributed by atoms with Crippen LogP contribution in [0.3, 0.4) is 0 Å². The first-order chi connectivity index (χ1) is 11.7. The largest absolute Gasteiger partial charge is 0.390 e. The number of aliphatic hydroxyl groups is 1. The summed E-state index contributed by atoms with van der Waals surface area (Å²) in [6.45, 7) is 4.01. The molecule has 24 heavy (non-hydrogen) atoms. The van der Waals surface area contributed by atoms with E-state index in [4.69, 9.17) is 24.5 Å². The Balaban J connectivity index is 1.76. The van der Waals surface area contributed by atoms with Gasteiger partial charge in [-0.25, -0.2) is 0 Å². The SMILES string of the molecule is C=CCO[C@H]1O[C@@H]2CO[C@@H](c3ccccc3)O[C@H]2[C@H](O)[C@H]1N=[N+]=[N-]. The van der Waals surface area contributed by atoms with Gasteiger partial charge in [-0.1, -0.05) is 41.5 Å². The summed E-state index contributed by atoms with van der Waals surface area (Å²) in [6, 6.07) is 8.50. The van der Waals surface area contributed by atoms with E-state index in [9.17, 15) is 5.11 Å². The maximum atomic E-state index is 10.6. The molecule has 0 bridgehead atoms. The minimum Gasteiger partial charge on any atom is -0.390 e. The molecule has 0 spiro atoms. The molecule has 1 aromatic carbocycles. The Labute approximate surface area is 139 Å². The maximum Gasteiger partial charge on any atom is 0.184 e. The van der Waals surface area contributed by atoms with Gasteiger partial charge in [-0.15, -0.1) is 6.58 Å². The van der Waals surface area contributed by atoms with Crippen molar-refractivity contribution < 1.29 is 24.1 Å². The molecule has 0 aliphatic carbocycles. The minimum atomic E-state index is -1.07. The lowest BCUT2D eigenvalue weighted by molar-refractivity contribution is -0.340. The van der Waals surface area contributed by atoms with E-state index in [-0.39, 0.29) is 13.2 Å².